The van der Waals surface area contributed by atoms with Crippen LogP contribution in [0.4, 0.5) is 4.79 Å². The van der Waals surface area contributed by atoms with Crippen molar-refractivity contribution >= 4 is 6.03 Å². The summed E-state index contributed by atoms with van der Waals surface area (Å²) in [5.74, 6) is 1.84. The van der Waals surface area contributed by atoms with Crippen LogP contribution in [0.2, 0.25) is 0 Å². The quantitative estimate of drug-likeness (QED) is 0.913. The summed E-state index contributed by atoms with van der Waals surface area (Å²) in [7, 11) is 3.54. The molecule has 0 aliphatic carbocycles. The molecular formula is C19H27N5O2. The van der Waals surface area contributed by atoms with Gasteiger partial charge in [0.2, 0.25) is 0 Å². The molecule has 0 saturated carbocycles. The van der Waals surface area contributed by atoms with Crippen LogP contribution in [0, 0.1) is 5.41 Å². The number of benzene rings is 1. The molecule has 0 spiro atoms. The zero-order valence-electron chi connectivity index (χ0n) is 16.1. The molecule has 1 aromatic carbocycles. The van der Waals surface area contributed by atoms with Crippen molar-refractivity contribution in [3.8, 4) is 5.75 Å². The van der Waals surface area contributed by atoms with Crippen LogP contribution in [-0.2, 0) is 7.05 Å². The Labute approximate surface area is 154 Å². The van der Waals surface area contributed by atoms with Crippen LogP contribution < -0.4 is 10.1 Å². The molecule has 7 nitrogen and oxygen atoms in total. The molecule has 3 rings (SSSR count). The van der Waals surface area contributed by atoms with Gasteiger partial charge in [-0.1, -0.05) is 26.0 Å². The first-order chi connectivity index (χ1) is 12.3. The molecule has 7 heteroatoms. The van der Waals surface area contributed by atoms with E-state index >= 15 is 0 Å². The van der Waals surface area contributed by atoms with Gasteiger partial charge >= 0.3 is 6.03 Å². The van der Waals surface area contributed by atoms with Gasteiger partial charge in [-0.2, -0.15) is 0 Å². The maximum atomic E-state index is 12.8. The average Bonchev–Trinajstić information content (AvgIpc) is 3.17. The summed E-state index contributed by atoms with van der Waals surface area (Å²) in [6.07, 6.45) is 1.63. The number of ether oxygens (including phenoxy) is 1. The topological polar surface area (TPSA) is 72.3 Å². The molecule has 1 saturated heterocycles. The molecule has 1 aliphatic heterocycles. The van der Waals surface area contributed by atoms with Gasteiger partial charge in [-0.3, -0.25) is 0 Å². The minimum absolute atomic E-state index is 0.0161. The number of rotatable bonds is 4. The molecule has 2 aromatic rings. The maximum absolute atomic E-state index is 12.8. The number of amides is 2. The van der Waals surface area contributed by atoms with Gasteiger partial charge in [-0.25, -0.2) is 4.79 Å². The minimum Gasteiger partial charge on any atom is -0.497 e. The number of aryl methyl sites for hydroxylation is 1. The van der Waals surface area contributed by atoms with Gasteiger partial charge in [-0.05, 0) is 30.0 Å². The lowest BCUT2D eigenvalue weighted by molar-refractivity contribution is 0.199. The fourth-order valence-corrected chi connectivity index (χ4v) is 3.73. The van der Waals surface area contributed by atoms with Gasteiger partial charge in [0, 0.05) is 26.1 Å². The monoisotopic (exact) mass is 357 g/mol. The molecule has 0 bridgehead atoms. The fraction of sp³-hybridized carbons (Fsp3) is 0.526. The average molecular weight is 357 g/mol. The van der Waals surface area contributed by atoms with E-state index < -0.39 is 0 Å². The number of carbonyl (C=O) groups excluding carboxylic acids is 1. The second kappa shape index (κ2) is 6.97. The van der Waals surface area contributed by atoms with Crippen LogP contribution in [0.25, 0.3) is 0 Å². The standard InChI is InChI=1S/C19H27N5O2/c1-13(17-22-20-12-23(17)4)21-18(25)24-10-16(19(2,3)11-24)14-7-6-8-15(9-14)26-5/h6-9,12-13,16H,10-11H2,1-5H3,(H,21,25). The van der Waals surface area contributed by atoms with Crippen LogP contribution in [0.5, 0.6) is 5.75 Å². The summed E-state index contributed by atoms with van der Waals surface area (Å²) < 4.78 is 7.17. The van der Waals surface area contributed by atoms with Crippen molar-refractivity contribution in [2.75, 3.05) is 20.2 Å². The van der Waals surface area contributed by atoms with Gasteiger partial charge in [0.05, 0.1) is 13.2 Å². The highest BCUT2D eigenvalue weighted by atomic mass is 16.5. The predicted molar refractivity (Wildman–Crippen MR) is 99.0 cm³/mol. The molecule has 1 N–H and O–H groups in total. The van der Waals surface area contributed by atoms with E-state index in [2.05, 4.69) is 41.5 Å². The Morgan fingerprint density at radius 2 is 2.19 bits per heavy atom. The van der Waals surface area contributed by atoms with E-state index in [4.69, 9.17) is 4.74 Å². The highest BCUT2D eigenvalue weighted by Crippen LogP contribution is 2.43. The smallest absolute Gasteiger partial charge is 0.318 e. The van der Waals surface area contributed by atoms with Crippen molar-refractivity contribution in [1.82, 2.24) is 25.0 Å². The Hall–Kier alpha value is -2.57. The van der Waals surface area contributed by atoms with Crippen LogP contribution >= 0.6 is 0 Å². The highest BCUT2D eigenvalue weighted by molar-refractivity contribution is 5.75. The fourth-order valence-electron chi connectivity index (χ4n) is 3.73. The van der Waals surface area contributed by atoms with E-state index in [1.807, 2.05) is 35.6 Å². The van der Waals surface area contributed by atoms with Crippen molar-refractivity contribution in [3.05, 3.63) is 42.0 Å². The van der Waals surface area contributed by atoms with Gasteiger partial charge in [0.15, 0.2) is 5.82 Å². The molecule has 0 radical (unpaired) electrons. The zero-order chi connectivity index (χ0) is 18.9. The van der Waals surface area contributed by atoms with E-state index in [0.717, 1.165) is 11.6 Å². The summed E-state index contributed by atoms with van der Waals surface area (Å²) >= 11 is 0. The minimum atomic E-state index is -0.200. The van der Waals surface area contributed by atoms with Gasteiger partial charge in [-0.15, -0.1) is 10.2 Å². The second-order valence-electron chi connectivity index (χ2n) is 7.67. The van der Waals surface area contributed by atoms with E-state index in [1.165, 1.54) is 5.56 Å². The summed E-state index contributed by atoms with van der Waals surface area (Å²) in [5.41, 5.74) is 1.18. The molecule has 2 amide bonds. The third kappa shape index (κ3) is 3.52. The van der Waals surface area contributed by atoms with Crippen LogP contribution in [0.3, 0.4) is 0 Å². The number of hydrogen-bond acceptors (Lipinski definition) is 4. The number of nitrogens with zero attached hydrogens (tertiary/aromatic N) is 4. The number of methoxy groups -OCH3 is 1. The van der Waals surface area contributed by atoms with Crippen molar-refractivity contribution in [2.45, 2.75) is 32.7 Å². The summed E-state index contributed by atoms with van der Waals surface area (Å²) in [6.45, 7) is 7.71. The van der Waals surface area contributed by atoms with Crippen molar-refractivity contribution in [2.24, 2.45) is 12.5 Å². The Balaban J connectivity index is 1.72. The molecule has 2 heterocycles. The normalized spacial score (nSPS) is 20.0. The van der Waals surface area contributed by atoms with Crippen LogP contribution in [0.15, 0.2) is 30.6 Å². The summed E-state index contributed by atoms with van der Waals surface area (Å²) in [5, 5.41) is 11.0. The molecule has 1 aliphatic rings. The lowest BCUT2D eigenvalue weighted by Gasteiger charge is -2.25. The Morgan fingerprint density at radius 3 is 2.85 bits per heavy atom. The number of carbonyl (C=O) groups is 1. The van der Waals surface area contributed by atoms with Gasteiger partial charge in [0.25, 0.3) is 0 Å². The summed E-state index contributed by atoms with van der Waals surface area (Å²) in [4.78, 5) is 14.7. The van der Waals surface area contributed by atoms with Gasteiger partial charge < -0.3 is 19.5 Å². The van der Waals surface area contributed by atoms with E-state index in [-0.39, 0.29) is 23.4 Å². The second-order valence-corrected chi connectivity index (χ2v) is 7.67. The molecule has 1 aromatic heterocycles. The van der Waals surface area contributed by atoms with Crippen molar-refractivity contribution < 1.29 is 9.53 Å². The highest BCUT2D eigenvalue weighted by Gasteiger charge is 2.42. The van der Waals surface area contributed by atoms with Crippen LogP contribution in [-0.4, -0.2) is 45.9 Å². The van der Waals surface area contributed by atoms with E-state index in [9.17, 15) is 4.79 Å². The number of urea groups is 1. The van der Waals surface area contributed by atoms with Gasteiger partial charge in [0.1, 0.15) is 12.1 Å². The zero-order valence-corrected chi connectivity index (χ0v) is 16.1. The SMILES string of the molecule is COc1cccc(C2CN(C(=O)NC(C)c3nncn3C)CC2(C)C)c1. The number of nitrogens with one attached hydrogen (secondary N) is 1. The van der Waals surface area contributed by atoms with E-state index in [0.29, 0.717) is 13.1 Å². The number of likely N-dealkylation sites (tertiary alicyclic amines) is 1. The largest absolute Gasteiger partial charge is 0.497 e. The Morgan fingerprint density at radius 1 is 1.42 bits per heavy atom. The van der Waals surface area contributed by atoms with Crippen molar-refractivity contribution in [1.29, 1.82) is 0 Å². The first-order valence-corrected chi connectivity index (χ1v) is 8.85. The lowest BCUT2D eigenvalue weighted by Crippen LogP contribution is -2.40. The molecule has 2 unspecified atom stereocenters. The molecule has 1 fully saturated rings. The van der Waals surface area contributed by atoms with Crippen molar-refractivity contribution in [3.63, 3.8) is 0 Å². The molecular weight excluding hydrogens is 330 g/mol. The number of hydrogen-bond donors (Lipinski definition) is 1. The Kier molecular flexibility index (Phi) is 4.89. The summed E-state index contributed by atoms with van der Waals surface area (Å²) in [6, 6.07) is 7.85. The maximum Gasteiger partial charge on any atom is 0.318 e. The number of aromatic nitrogens is 3. The van der Waals surface area contributed by atoms with E-state index in [1.54, 1.807) is 13.4 Å². The third-order valence-corrected chi connectivity index (χ3v) is 5.20. The molecule has 2 atom stereocenters. The third-order valence-electron chi connectivity index (χ3n) is 5.20. The van der Waals surface area contributed by atoms with Crippen LogP contribution in [0.1, 0.15) is 44.1 Å². The first-order valence-electron chi connectivity index (χ1n) is 8.85. The first kappa shape index (κ1) is 18.2. The lowest BCUT2D eigenvalue weighted by atomic mass is 9.78. The molecule has 26 heavy (non-hydrogen) atoms. The molecule has 140 valence electrons. The Bertz CT molecular complexity index is 786. The predicted octanol–water partition coefficient (Wildman–Crippen LogP) is 2.72.